The van der Waals surface area contributed by atoms with Crippen molar-refractivity contribution in [3.63, 3.8) is 0 Å². The minimum absolute atomic E-state index is 0.00484. The number of amides is 1. The quantitative estimate of drug-likeness (QED) is 0.822. The van der Waals surface area contributed by atoms with Crippen LogP contribution in [0.3, 0.4) is 0 Å². The number of hydrogen-bond donors (Lipinski definition) is 1. The number of ether oxygens (including phenoxy) is 2. The van der Waals surface area contributed by atoms with Gasteiger partial charge < -0.3 is 14.8 Å². The second-order valence-corrected chi connectivity index (χ2v) is 9.41. The molecule has 1 amide bonds. The van der Waals surface area contributed by atoms with Crippen molar-refractivity contribution in [1.82, 2.24) is 5.32 Å². The van der Waals surface area contributed by atoms with E-state index in [0.29, 0.717) is 5.56 Å². The molecule has 1 saturated carbocycles. The Hall–Kier alpha value is -2.22. The van der Waals surface area contributed by atoms with E-state index in [1.807, 2.05) is 39.8 Å². The van der Waals surface area contributed by atoms with Gasteiger partial charge in [0, 0.05) is 10.8 Å². The van der Waals surface area contributed by atoms with Crippen molar-refractivity contribution in [3.05, 3.63) is 28.8 Å². The monoisotopic (exact) mass is 356 g/mol. The molecule has 0 radical (unpaired) electrons. The van der Waals surface area contributed by atoms with Crippen molar-refractivity contribution in [2.45, 2.75) is 72.6 Å². The Morgan fingerprint density at radius 3 is 2.58 bits per heavy atom. The minimum Gasteiger partial charge on any atom is -0.489 e. The third-order valence-electron chi connectivity index (χ3n) is 5.82. The number of nitrogens with zero attached hydrogens (tertiary/aromatic N) is 1. The van der Waals surface area contributed by atoms with Gasteiger partial charge in [0.05, 0.1) is 17.7 Å². The van der Waals surface area contributed by atoms with Gasteiger partial charge in [0.25, 0.3) is 0 Å². The zero-order chi connectivity index (χ0) is 19.5. The van der Waals surface area contributed by atoms with Gasteiger partial charge in [-0.2, -0.15) is 5.26 Å². The number of hydrogen-bond acceptors (Lipinski definition) is 4. The molecule has 0 bridgehead atoms. The second-order valence-electron chi connectivity index (χ2n) is 9.41. The molecule has 3 atom stereocenters. The molecule has 1 fully saturated rings. The first kappa shape index (κ1) is 18.6. The molecule has 5 nitrogen and oxygen atoms in total. The Morgan fingerprint density at radius 2 is 2.00 bits per heavy atom. The summed E-state index contributed by atoms with van der Waals surface area (Å²) in [6.07, 6.45) is 0.358. The number of fused-ring (bicyclic) bond motifs is 2. The van der Waals surface area contributed by atoms with Crippen LogP contribution in [-0.2, 0) is 11.2 Å². The summed E-state index contributed by atoms with van der Waals surface area (Å²) in [5, 5.41) is 12.4. The van der Waals surface area contributed by atoms with Crippen LogP contribution in [0.2, 0.25) is 0 Å². The highest BCUT2D eigenvalue weighted by molar-refractivity contribution is 5.69. The van der Waals surface area contributed by atoms with E-state index >= 15 is 0 Å². The number of nitriles is 1. The lowest BCUT2D eigenvalue weighted by Crippen LogP contribution is -2.77. The molecule has 1 heterocycles. The smallest absolute Gasteiger partial charge is 0.407 e. The standard InChI is InChI=1S/C21H28N2O3/c1-12-13(11-22)8-9-15-14(12)10-21(7)16(20(5,6)17(21)25-15)23-18(24)26-19(2,3)4/h8-9,16-17H,10H2,1-7H3,(H,23,24)/t16-,17?,21?/m1/s1. The summed E-state index contributed by atoms with van der Waals surface area (Å²) in [6, 6.07) is 5.88. The molecule has 1 aromatic carbocycles. The molecule has 0 saturated heterocycles. The number of alkyl carbamates (subject to hydrolysis) is 1. The number of benzene rings is 1. The zero-order valence-electron chi connectivity index (χ0n) is 16.7. The Bertz CT molecular complexity index is 801. The van der Waals surface area contributed by atoms with E-state index < -0.39 is 11.7 Å². The Balaban J connectivity index is 1.91. The van der Waals surface area contributed by atoms with Gasteiger partial charge in [-0.1, -0.05) is 20.8 Å². The highest BCUT2D eigenvalue weighted by Gasteiger charge is 2.68. The van der Waals surface area contributed by atoms with Crippen molar-refractivity contribution in [2.75, 3.05) is 0 Å². The third-order valence-corrected chi connectivity index (χ3v) is 5.82. The van der Waals surface area contributed by atoms with E-state index in [1.165, 1.54) is 0 Å². The fourth-order valence-corrected chi connectivity index (χ4v) is 4.85. The van der Waals surface area contributed by atoms with Gasteiger partial charge in [0.15, 0.2) is 0 Å². The van der Waals surface area contributed by atoms with E-state index in [2.05, 4.69) is 32.2 Å². The molecule has 5 heteroatoms. The first-order valence-corrected chi connectivity index (χ1v) is 9.09. The maximum absolute atomic E-state index is 12.4. The van der Waals surface area contributed by atoms with E-state index in [4.69, 9.17) is 9.47 Å². The second kappa shape index (κ2) is 5.64. The molecular formula is C21H28N2O3. The molecular weight excluding hydrogens is 328 g/mol. The largest absolute Gasteiger partial charge is 0.489 e. The van der Waals surface area contributed by atoms with Crippen LogP contribution in [0.15, 0.2) is 12.1 Å². The van der Waals surface area contributed by atoms with E-state index in [1.54, 1.807) is 0 Å². The van der Waals surface area contributed by atoms with Crippen LogP contribution in [0.1, 0.15) is 58.2 Å². The number of nitrogens with one attached hydrogen (secondary N) is 1. The molecule has 1 aromatic rings. The molecule has 3 rings (SSSR count). The summed E-state index contributed by atoms with van der Waals surface area (Å²) < 4.78 is 11.8. The molecule has 0 spiro atoms. The van der Waals surface area contributed by atoms with Crippen LogP contribution in [-0.4, -0.2) is 23.8 Å². The topological polar surface area (TPSA) is 71.3 Å². The van der Waals surface area contributed by atoms with Crippen molar-refractivity contribution < 1.29 is 14.3 Å². The number of rotatable bonds is 1. The van der Waals surface area contributed by atoms with Crippen LogP contribution in [0.5, 0.6) is 5.75 Å². The average molecular weight is 356 g/mol. The van der Waals surface area contributed by atoms with Crippen molar-refractivity contribution in [1.29, 1.82) is 5.26 Å². The summed E-state index contributed by atoms with van der Waals surface area (Å²) in [6.45, 7) is 13.9. The molecule has 2 unspecified atom stereocenters. The summed E-state index contributed by atoms with van der Waals surface area (Å²) in [7, 11) is 0. The van der Waals surface area contributed by atoms with Gasteiger partial charge in [-0.15, -0.1) is 0 Å². The van der Waals surface area contributed by atoms with Crippen LogP contribution in [0.4, 0.5) is 4.79 Å². The highest BCUT2D eigenvalue weighted by atomic mass is 16.6. The Labute approximate surface area is 155 Å². The lowest BCUT2D eigenvalue weighted by atomic mass is 9.46. The predicted molar refractivity (Wildman–Crippen MR) is 99.1 cm³/mol. The lowest BCUT2D eigenvalue weighted by molar-refractivity contribution is -0.185. The maximum Gasteiger partial charge on any atom is 0.407 e. The minimum atomic E-state index is -0.535. The van der Waals surface area contributed by atoms with Gasteiger partial charge in [0.1, 0.15) is 17.5 Å². The van der Waals surface area contributed by atoms with Gasteiger partial charge in [-0.25, -0.2) is 4.79 Å². The first-order chi connectivity index (χ1) is 11.9. The number of carbonyl (C=O) groups is 1. The number of carbonyl (C=O) groups excluding carboxylic acids is 1. The van der Waals surface area contributed by atoms with E-state index in [9.17, 15) is 10.1 Å². The molecule has 1 N–H and O–H groups in total. The van der Waals surface area contributed by atoms with Crippen LogP contribution < -0.4 is 10.1 Å². The van der Waals surface area contributed by atoms with E-state index in [0.717, 1.165) is 23.3 Å². The molecule has 26 heavy (non-hydrogen) atoms. The zero-order valence-corrected chi connectivity index (χ0v) is 16.7. The van der Waals surface area contributed by atoms with Gasteiger partial charge in [-0.3, -0.25) is 0 Å². The molecule has 1 aliphatic heterocycles. The Morgan fingerprint density at radius 1 is 1.35 bits per heavy atom. The van der Waals surface area contributed by atoms with Gasteiger partial charge in [-0.05, 0) is 57.4 Å². The van der Waals surface area contributed by atoms with Gasteiger partial charge in [0.2, 0.25) is 0 Å². The summed E-state index contributed by atoms with van der Waals surface area (Å²) in [5.41, 5.74) is 1.70. The summed E-state index contributed by atoms with van der Waals surface area (Å²) in [5.74, 6) is 0.854. The third kappa shape index (κ3) is 2.72. The first-order valence-electron chi connectivity index (χ1n) is 9.09. The van der Waals surface area contributed by atoms with Crippen LogP contribution in [0.25, 0.3) is 0 Å². The van der Waals surface area contributed by atoms with Crippen molar-refractivity contribution in [2.24, 2.45) is 10.8 Å². The fourth-order valence-electron chi connectivity index (χ4n) is 4.85. The molecule has 140 valence electrons. The van der Waals surface area contributed by atoms with Crippen molar-refractivity contribution >= 4 is 6.09 Å². The molecule has 1 aliphatic carbocycles. The summed E-state index contributed by atoms with van der Waals surface area (Å²) in [4.78, 5) is 12.4. The predicted octanol–water partition coefficient (Wildman–Crippen LogP) is 4.11. The Kier molecular flexibility index (Phi) is 4.03. The van der Waals surface area contributed by atoms with Crippen molar-refractivity contribution in [3.8, 4) is 11.8 Å². The van der Waals surface area contributed by atoms with E-state index in [-0.39, 0.29) is 23.0 Å². The normalized spacial score (nSPS) is 28.5. The molecule has 0 aromatic heterocycles. The van der Waals surface area contributed by atoms with Crippen LogP contribution in [0, 0.1) is 29.1 Å². The molecule has 2 aliphatic rings. The van der Waals surface area contributed by atoms with Gasteiger partial charge >= 0.3 is 6.09 Å². The highest BCUT2D eigenvalue weighted by Crippen LogP contribution is 2.60. The summed E-state index contributed by atoms with van der Waals surface area (Å²) >= 11 is 0. The SMILES string of the molecule is Cc1c(C#N)ccc2c1CC1(C)C(O2)C(C)(C)[C@H]1NC(=O)OC(C)(C)C. The lowest BCUT2D eigenvalue weighted by Gasteiger charge is -2.66. The fraction of sp³-hybridized carbons (Fsp3) is 0.619. The van der Waals surface area contributed by atoms with Crippen LogP contribution >= 0.6 is 0 Å². The average Bonchev–Trinajstić information content (AvgIpc) is 2.51. The maximum atomic E-state index is 12.4.